The standard InChI is InChI=1S/C22H17BrN4O/c23-19-10-17(11-24-13-19)22(28)26-25-12-18-15-27(14-16-6-2-1-3-7-16)21-9-5-4-8-20(18)21/h1-13,15H,14H2,(H,26,28). The molecule has 6 heteroatoms. The van der Waals surface area contributed by atoms with Gasteiger partial charge in [0.25, 0.3) is 5.91 Å². The number of nitrogens with zero attached hydrogens (tertiary/aromatic N) is 3. The van der Waals surface area contributed by atoms with Crippen molar-refractivity contribution < 1.29 is 4.79 Å². The minimum Gasteiger partial charge on any atom is -0.342 e. The maximum Gasteiger partial charge on any atom is 0.272 e. The highest BCUT2D eigenvalue weighted by Crippen LogP contribution is 2.21. The van der Waals surface area contributed by atoms with Crippen molar-refractivity contribution in [2.24, 2.45) is 5.10 Å². The van der Waals surface area contributed by atoms with Crippen molar-refractivity contribution >= 4 is 39.0 Å². The average Bonchev–Trinajstić information content (AvgIpc) is 3.06. The van der Waals surface area contributed by atoms with E-state index in [-0.39, 0.29) is 5.91 Å². The molecule has 0 fully saturated rings. The van der Waals surface area contributed by atoms with Crippen molar-refractivity contribution in [2.45, 2.75) is 6.54 Å². The summed E-state index contributed by atoms with van der Waals surface area (Å²) in [5.74, 6) is -0.307. The monoisotopic (exact) mass is 432 g/mol. The minimum atomic E-state index is -0.307. The number of pyridine rings is 1. The molecule has 2 aromatic heterocycles. The summed E-state index contributed by atoms with van der Waals surface area (Å²) in [5, 5.41) is 5.22. The van der Waals surface area contributed by atoms with Crippen molar-refractivity contribution in [1.29, 1.82) is 0 Å². The number of hydrogen-bond donors (Lipinski definition) is 1. The molecular weight excluding hydrogens is 416 g/mol. The third-order valence-corrected chi connectivity index (χ3v) is 4.79. The van der Waals surface area contributed by atoms with E-state index in [0.29, 0.717) is 5.56 Å². The van der Waals surface area contributed by atoms with E-state index in [9.17, 15) is 4.79 Å². The summed E-state index contributed by atoms with van der Waals surface area (Å²) in [7, 11) is 0. The van der Waals surface area contributed by atoms with Crippen LogP contribution in [-0.2, 0) is 6.54 Å². The van der Waals surface area contributed by atoms with Crippen LogP contribution in [0.25, 0.3) is 10.9 Å². The van der Waals surface area contributed by atoms with Crippen LogP contribution in [0.5, 0.6) is 0 Å². The van der Waals surface area contributed by atoms with Gasteiger partial charge in [-0.05, 0) is 33.6 Å². The number of benzene rings is 2. The summed E-state index contributed by atoms with van der Waals surface area (Å²) in [6, 6.07) is 20.2. The summed E-state index contributed by atoms with van der Waals surface area (Å²) in [5.41, 5.74) is 6.29. The lowest BCUT2D eigenvalue weighted by atomic mass is 10.2. The molecule has 0 saturated carbocycles. The van der Waals surface area contributed by atoms with Crippen LogP contribution >= 0.6 is 15.9 Å². The maximum absolute atomic E-state index is 12.2. The van der Waals surface area contributed by atoms with Crippen LogP contribution in [0.1, 0.15) is 21.5 Å². The average molecular weight is 433 g/mol. The van der Waals surface area contributed by atoms with E-state index in [1.807, 2.05) is 36.5 Å². The predicted octanol–water partition coefficient (Wildman–Crippen LogP) is 4.61. The Hall–Kier alpha value is -3.25. The molecule has 0 aliphatic rings. The Balaban J connectivity index is 1.57. The molecule has 0 aliphatic carbocycles. The van der Waals surface area contributed by atoms with Crippen molar-refractivity contribution in [3.8, 4) is 0 Å². The molecule has 1 N–H and O–H groups in total. The molecule has 0 unspecified atom stereocenters. The largest absolute Gasteiger partial charge is 0.342 e. The summed E-state index contributed by atoms with van der Waals surface area (Å²) < 4.78 is 2.93. The highest BCUT2D eigenvalue weighted by Gasteiger charge is 2.08. The Labute approximate surface area is 170 Å². The molecule has 4 aromatic rings. The Morgan fingerprint density at radius 2 is 1.89 bits per heavy atom. The third-order valence-electron chi connectivity index (χ3n) is 4.35. The van der Waals surface area contributed by atoms with E-state index in [1.165, 1.54) is 11.8 Å². The molecule has 2 aromatic carbocycles. The number of carbonyl (C=O) groups excluding carboxylic acids is 1. The van der Waals surface area contributed by atoms with Crippen molar-refractivity contribution in [2.75, 3.05) is 0 Å². The smallest absolute Gasteiger partial charge is 0.272 e. The van der Waals surface area contributed by atoms with Crippen LogP contribution < -0.4 is 5.43 Å². The number of rotatable bonds is 5. The first kappa shape index (κ1) is 18.1. The van der Waals surface area contributed by atoms with Gasteiger partial charge in [-0.1, -0.05) is 48.5 Å². The highest BCUT2D eigenvalue weighted by molar-refractivity contribution is 9.10. The molecule has 28 heavy (non-hydrogen) atoms. The minimum absolute atomic E-state index is 0.307. The Morgan fingerprint density at radius 1 is 1.11 bits per heavy atom. The molecule has 0 atom stereocenters. The van der Waals surface area contributed by atoms with E-state index in [1.54, 1.807) is 18.5 Å². The first-order chi connectivity index (χ1) is 13.7. The van der Waals surface area contributed by atoms with Gasteiger partial charge in [0.15, 0.2) is 0 Å². The fraction of sp³-hybridized carbons (Fsp3) is 0.0455. The van der Waals surface area contributed by atoms with Gasteiger partial charge in [0.2, 0.25) is 0 Å². The topological polar surface area (TPSA) is 59.3 Å². The first-order valence-electron chi connectivity index (χ1n) is 8.76. The second-order valence-corrected chi connectivity index (χ2v) is 7.22. The first-order valence-corrected chi connectivity index (χ1v) is 9.56. The number of para-hydroxylation sites is 1. The lowest BCUT2D eigenvalue weighted by Gasteiger charge is -2.05. The fourth-order valence-corrected chi connectivity index (χ4v) is 3.41. The quantitative estimate of drug-likeness (QED) is 0.369. The summed E-state index contributed by atoms with van der Waals surface area (Å²) in [4.78, 5) is 16.2. The number of hydrogen-bond acceptors (Lipinski definition) is 3. The van der Waals surface area contributed by atoms with Gasteiger partial charge in [-0.25, -0.2) is 5.43 Å². The second-order valence-electron chi connectivity index (χ2n) is 6.31. The normalized spacial score (nSPS) is 11.2. The van der Waals surface area contributed by atoms with Gasteiger partial charge in [0.05, 0.1) is 11.8 Å². The van der Waals surface area contributed by atoms with Crippen LogP contribution in [-0.4, -0.2) is 21.7 Å². The molecule has 1 amide bonds. The Bertz CT molecular complexity index is 1150. The van der Waals surface area contributed by atoms with Crippen LogP contribution in [0.4, 0.5) is 0 Å². The molecule has 138 valence electrons. The van der Waals surface area contributed by atoms with Crippen LogP contribution in [0.3, 0.4) is 0 Å². The zero-order chi connectivity index (χ0) is 19.3. The molecule has 0 spiro atoms. The number of fused-ring (bicyclic) bond motifs is 1. The van der Waals surface area contributed by atoms with E-state index >= 15 is 0 Å². The fourth-order valence-electron chi connectivity index (χ4n) is 3.05. The number of hydrazone groups is 1. The number of halogens is 1. The number of nitrogens with one attached hydrogen (secondary N) is 1. The molecule has 4 rings (SSSR count). The molecule has 0 radical (unpaired) electrons. The second kappa shape index (κ2) is 8.19. The molecular formula is C22H17BrN4O. The van der Waals surface area contributed by atoms with E-state index in [0.717, 1.165) is 27.5 Å². The molecule has 0 saturated heterocycles. The van der Waals surface area contributed by atoms with Gasteiger partial charge in [0.1, 0.15) is 0 Å². The Kier molecular flexibility index (Phi) is 5.30. The van der Waals surface area contributed by atoms with Crippen LogP contribution in [0, 0.1) is 0 Å². The summed E-state index contributed by atoms with van der Waals surface area (Å²) in [6.07, 6.45) is 6.85. The number of carbonyl (C=O) groups is 1. The zero-order valence-corrected chi connectivity index (χ0v) is 16.5. The zero-order valence-electron chi connectivity index (χ0n) is 14.9. The van der Waals surface area contributed by atoms with E-state index in [4.69, 9.17) is 0 Å². The Morgan fingerprint density at radius 3 is 2.71 bits per heavy atom. The molecule has 0 aliphatic heterocycles. The SMILES string of the molecule is O=C(NN=Cc1cn(Cc2ccccc2)c2ccccc12)c1cncc(Br)c1. The van der Waals surface area contributed by atoms with Crippen LogP contribution in [0.2, 0.25) is 0 Å². The lowest BCUT2D eigenvalue weighted by Crippen LogP contribution is -2.17. The van der Waals surface area contributed by atoms with Crippen molar-refractivity contribution in [3.05, 3.63) is 100 Å². The molecule has 0 bridgehead atoms. The third kappa shape index (κ3) is 4.02. The van der Waals surface area contributed by atoms with E-state index < -0.39 is 0 Å². The highest BCUT2D eigenvalue weighted by atomic mass is 79.9. The van der Waals surface area contributed by atoms with Crippen LogP contribution in [0.15, 0.2) is 88.8 Å². The number of amides is 1. The van der Waals surface area contributed by atoms with Gasteiger partial charge in [-0.2, -0.15) is 5.10 Å². The van der Waals surface area contributed by atoms with Gasteiger partial charge in [-0.3, -0.25) is 9.78 Å². The molecule has 5 nitrogen and oxygen atoms in total. The van der Waals surface area contributed by atoms with Gasteiger partial charge in [0, 0.05) is 46.1 Å². The van der Waals surface area contributed by atoms with Gasteiger partial charge in [-0.15, -0.1) is 0 Å². The summed E-state index contributed by atoms with van der Waals surface area (Å²) >= 11 is 3.31. The summed E-state index contributed by atoms with van der Waals surface area (Å²) in [6.45, 7) is 0.769. The maximum atomic E-state index is 12.2. The predicted molar refractivity (Wildman–Crippen MR) is 114 cm³/mol. The van der Waals surface area contributed by atoms with Gasteiger partial charge < -0.3 is 4.57 Å². The van der Waals surface area contributed by atoms with Gasteiger partial charge >= 0.3 is 0 Å². The van der Waals surface area contributed by atoms with Crippen molar-refractivity contribution in [1.82, 2.24) is 15.0 Å². The van der Waals surface area contributed by atoms with E-state index in [2.05, 4.69) is 60.3 Å². The van der Waals surface area contributed by atoms with Crippen molar-refractivity contribution in [3.63, 3.8) is 0 Å². The molecule has 2 heterocycles. The lowest BCUT2D eigenvalue weighted by molar-refractivity contribution is 0.0954. The number of aromatic nitrogens is 2.